The van der Waals surface area contributed by atoms with E-state index in [0.29, 0.717) is 34.6 Å². The first-order valence-corrected chi connectivity index (χ1v) is 13.0. The molecule has 0 saturated heterocycles. The summed E-state index contributed by atoms with van der Waals surface area (Å²) in [5.74, 6) is 0.775. The molecule has 1 fully saturated rings. The van der Waals surface area contributed by atoms with Crippen molar-refractivity contribution in [3.63, 3.8) is 0 Å². The zero-order valence-electron chi connectivity index (χ0n) is 19.9. The molecule has 3 aromatic rings. The molecular weight excluding hydrogens is 468 g/mol. The number of aryl methyl sites for hydroxylation is 1. The molecule has 2 unspecified atom stereocenters. The number of nitrogens with one attached hydrogen (secondary N) is 2. The van der Waals surface area contributed by atoms with Crippen molar-refractivity contribution in [2.24, 2.45) is 5.41 Å². The Kier molecular flexibility index (Phi) is 4.39. The number of sulfonamides is 1. The Labute approximate surface area is 203 Å². The van der Waals surface area contributed by atoms with Gasteiger partial charge in [0.05, 0.1) is 27.3 Å². The minimum atomic E-state index is -3.94. The number of amides is 1. The van der Waals surface area contributed by atoms with E-state index in [-0.39, 0.29) is 11.7 Å². The number of rotatable bonds is 4. The highest BCUT2D eigenvalue weighted by molar-refractivity contribution is 7.89. The molecule has 1 saturated carbocycles. The first-order valence-electron chi connectivity index (χ1n) is 11.5. The van der Waals surface area contributed by atoms with Crippen LogP contribution < -0.4 is 19.7 Å². The van der Waals surface area contributed by atoms with Crippen LogP contribution in [0.5, 0.6) is 11.5 Å². The van der Waals surface area contributed by atoms with Crippen LogP contribution in [0.25, 0.3) is 11.0 Å². The lowest BCUT2D eigenvalue weighted by Gasteiger charge is -2.39. The number of fused-ring (bicyclic) bond motifs is 7. The molecule has 2 heterocycles. The van der Waals surface area contributed by atoms with Gasteiger partial charge in [-0.15, -0.1) is 4.83 Å². The van der Waals surface area contributed by atoms with Gasteiger partial charge in [0.15, 0.2) is 11.5 Å². The monoisotopic (exact) mass is 494 g/mol. The molecule has 10 heteroatoms. The van der Waals surface area contributed by atoms with Crippen LogP contribution in [-0.4, -0.2) is 31.1 Å². The van der Waals surface area contributed by atoms with E-state index in [1.807, 2.05) is 26.8 Å². The van der Waals surface area contributed by atoms with Gasteiger partial charge in [0, 0.05) is 17.5 Å². The number of benzene rings is 2. The van der Waals surface area contributed by atoms with Crippen molar-refractivity contribution in [1.29, 1.82) is 0 Å². The first kappa shape index (κ1) is 22.2. The predicted octanol–water partition coefficient (Wildman–Crippen LogP) is 3.01. The molecule has 35 heavy (non-hydrogen) atoms. The molecule has 0 spiro atoms. The minimum absolute atomic E-state index is 0.0742. The van der Waals surface area contributed by atoms with Gasteiger partial charge in [-0.2, -0.15) is 0 Å². The molecule has 9 nitrogen and oxygen atoms in total. The van der Waals surface area contributed by atoms with E-state index < -0.39 is 32.2 Å². The molecule has 1 amide bonds. The fraction of sp³-hybridized carbons (Fsp3) is 0.400. The van der Waals surface area contributed by atoms with Crippen LogP contribution in [0.3, 0.4) is 0 Å². The average Bonchev–Trinajstić information content (AvgIpc) is 3.39. The zero-order valence-corrected chi connectivity index (χ0v) is 20.7. The van der Waals surface area contributed by atoms with Crippen LogP contribution in [-0.2, 0) is 25.6 Å². The summed E-state index contributed by atoms with van der Waals surface area (Å²) in [6, 6.07) is 10.0. The van der Waals surface area contributed by atoms with Gasteiger partial charge in [0.1, 0.15) is 5.41 Å². The molecule has 3 aliphatic rings. The summed E-state index contributed by atoms with van der Waals surface area (Å²) >= 11 is 0. The summed E-state index contributed by atoms with van der Waals surface area (Å²) in [6.07, 6.45) is 1.27. The topological polar surface area (TPSA) is 120 Å². The number of hydrazine groups is 1. The normalized spacial score (nSPS) is 25.6. The second kappa shape index (κ2) is 6.92. The lowest BCUT2D eigenvalue weighted by atomic mass is 9.63. The van der Waals surface area contributed by atoms with E-state index in [4.69, 9.17) is 19.4 Å². The van der Waals surface area contributed by atoms with Crippen LogP contribution in [0.1, 0.15) is 50.6 Å². The van der Waals surface area contributed by atoms with E-state index >= 15 is 0 Å². The minimum Gasteiger partial charge on any atom is -0.454 e. The van der Waals surface area contributed by atoms with Gasteiger partial charge in [0.25, 0.3) is 10.0 Å². The van der Waals surface area contributed by atoms with Crippen molar-refractivity contribution >= 4 is 27.0 Å². The van der Waals surface area contributed by atoms with Crippen molar-refractivity contribution in [3.8, 4) is 11.5 Å². The highest BCUT2D eigenvalue weighted by Crippen LogP contribution is 2.70. The SMILES string of the molecule is Cc1ccc(S(=O)(=O)NNC(=O)C23CCC(C)(c4nc5cc6c(cc5nc42)OCO6)C3(C)C)cc1. The Bertz CT molecular complexity index is 1520. The number of carbonyl (C=O) groups is 1. The van der Waals surface area contributed by atoms with Crippen LogP contribution in [0, 0.1) is 12.3 Å². The van der Waals surface area contributed by atoms with E-state index in [2.05, 4.69) is 17.2 Å². The molecule has 1 aliphatic heterocycles. The molecule has 2 atom stereocenters. The second-order valence-corrected chi connectivity index (χ2v) is 12.0. The molecule has 0 radical (unpaired) electrons. The third kappa shape index (κ3) is 2.77. The summed E-state index contributed by atoms with van der Waals surface area (Å²) in [4.78, 5) is 26.1. The fourth-order valence-electron chi connectivity index (χ4n) is 5.99. The van der Waals surface area contributed by atoms with Gasteiger partial charge in [-0.3, -0.25) is 10.2 Å². The third-order valence-corrected chi connectivity index (χ3v) is 9.81. The first-order chi connectivity index (χ1) is 16.5. The number of ether oxygens (including phenoxy) is 2. The number of nitrogens with zero attached hydrogens (tertiary/aromatic N) is 2. The molecule has 6 rings (SSSR count). The van der Waals surface area contributed by atoms with E-state index in [1.165, 1.54) is 12.1 Å². The van der Waals surface area contributed by atoms with Crippen molar-refractivity contribution in [1.82, 2.24) is 20.2 Å². The van der Waals surface area contributed by atoms with E-state index in [1.54, 1.807) is 18.2 Å². The Morgan fingerprint density at radius 3 is 2.17 bits per heavy atom. The lowest BCUT2D eigenvalue weighted by molar-refractivity contribution is -0.131. The van der Waals surface area contributed by atoms with Gasteiger partial charge in [-0.25, -0.2) is 18.4 Å². The highest BCUT2D eigenvalue weighted by atomic mass is 32.2. The van der Waals surface area contributed by atoms with Crippen LogP contribution >= 0.6 is 0 Å². The molecule has 2 aromatic carbocycles. The predicted molar refractivity (Wildman–Crippen MR) is 127 cm³/mol. The molecule has 2 N–H and O–H groups in total. The van der Waals surface area contributed by atoms with Crippen LogP contribution in [0.2, 0.25) is 0 Å². The molecule has 2 aliphatic carbocycles. The maximum Gasteiger partial charge on any atom is 0.257 e. The Hall–Kier alpha value is -3.24. The summed E-state index contributed by atoms with van der Waals surface area (Å²) in [7, 11) is -3.94. The maximum absolute atomic E-state index is 13.9. The molecular formula is C25H26N4O5S. The Balaban J connectivity index is 1.41. The largest absolute Gasteiger partial charge is 0.454 e. The highest BCUT2D eigenvalue weighted by Gasteiger charge is 2.73. The fourth-order valence-corrected chi connectivity index (χ4v) is 6.83. The van der Waals surface area contributed by atoms with Gasteiger partial charge < -0.3 is 9.47 Å². The summed E-state index contributed by atoms with van der Waals surface area (Å²) < 4.78 is 36.7. The van der Waals surface area contributed by atoms with Gasteiger partial charge in [0.2, 0.25) is 12.7 Å². The van der Waals surface area contributed by atoms with Crippen molar-refractivity contribution in [2.45, 2.75) is 56.3 Å². The standard InChI is InChI=1S/C25H26N4O5S/c1-14-5-7-15(8-6-14)35(31,32)29-28-22(30)25-10-9-24(4,23(25,2)3)20-21(25)27-17-12-19-18(33-13-34-19)11-16(17)26-20/h5-8,11-12,29H,9-10,13H2,1-4H3,(H,28,30). The van der Waals surface area contributed by atoms with Crippen LogP contribution in [0.15, 0.2) is 41.3 Å². The number of hydrogen-bond donors (Lipinski definition) is 2. The summed E-state index contributed by atoms with van der Waals surface area (Å²) in [5.41, 5.74) is 4.07. The van der Waals surface area contributed by atoms with Crippen molar-refractivity contribution in [3.05, 3.63) is 53.3 Å². The lowest BCUT2D eigenvalue weighted by Crippen LogP contribution is -2.55. The average molecular weight is 495 g/mol. The third-order valence-electron chi connectivity index (χ3n) is 8.55. The van der Waals surface area contributed by atoms with Gasteiger partial charge in [-0.1, -0.05) is 38.5 Å². The smallest absolute Gasteiger partial charge is 0.257 e. The second-order valence-electron chi connectivity index (χ2n) is 10.4. The number of hydrogen-bond acceptors (Lipinski definition) is 7. The van der Waals surface area contributed by atoms with E-state index in [0.717, 1.165) is 17.7 Å². The van der Waals surface area contributed by atoms with Crippen LogP contribution in [0.4, 0.5) is 0 Å². The van der Waals surface area contributed by atoms with E-state index in [9.17, 15) is 13.2 Å². The number of carbonyl (C=O) groups excluding carboxylic acids is 1. The van der Waals surface area contributed by atoms with Gasteiger partial charge in [-0.05, 0) is 37.3 Å². The molecule has 2 bridgehead atoms. The van der Waals surface area contributed by atoms with Gasteiger partial charge >= 0.3 is 0 Å². The van der Waals surface area contributed by atoms with Crippen molar-refractivity contribution < 1.29 is 22.7 Å². The maximum atomic E-state index is 13.9. The summed E-state index contributed by atoms with van der Waals surface area (Å²) in [5, 5.41) is 0. The molecule has 182 valence electrons. The summed E-state index contributed by atoms with van der Waals surface area (Å²) in [6.45, 7) is 8.20. The van der Waals surface area contributed by atoms with Crippen molar-refractivity contribution in [2.75, 3.05) is 6.79 Å². The Morgan fingerprint density at radius 2 is 1.54 bits per heavy atom. The number of aromatic nitrogens is 2. The molecule has 1 aromatic heterocycles. The zero-order chi connectivity index (χ0) is 24.8. The Morgan fingerprint density at radius 1 is 0.943 bits per heavy atom. The quantitative estimate of drug-likeness (QED) is 0.535.